The van der Waals surface area contributed by atoms with Gasteiger partial charge in [0.1, 0.15) is 5.82 Å². The van der Waals surface area contributed by atoms with Crippen molar-refractivity contribution in [2.24, 2.45) is 11.3 Å². The topological polar surface area (TPSA) is 98.2 Å². The molecule has 3 unspecified atom stereocenters. The fourth-order valence-corrected chi connectivity index (χ4v) is 6.67. The molecule has 0 radical (unpaired) electrons. The van der Waals surface area contributed by atoms with Crippen LogP contribution in [0.25, 0.3) is 0 Å². The third-order valence-electron chi connectivity index (χ3n) is 6.41. The van der Waals surface area contributed by atoms with E-state index in [1.165, 1.54) is 0 Å². The predicted octanol–water partition coefficient (Wildman–Crippen LogP) is 2.91. The zero-order valence-electron chi connectivity index (χ0n) is 16.5. The van der Waals surface area contributed by atoms with E-state index in [-0.39, 0.29) is 43.8 Å². The van der Waals surface area contributed by atoms with Crippen molar-refractivity contribution in [2.45, 2.75) is 49.4 Å². The van der Waals surface area contributed by atoms with Gasteiger partial charge in [-0.25, -0.2) is 30.8 Å². The molecule has 3 rings (SSSR count). The van der Waals surface area contributed by atoms with Crippen LogP contribution in [0.1, 0.15) is 25.7 Å². The number of amides is 1. The predicted molar refractivity (Wildman–Crippen MR) is 101 cm³/mol. The van der Waals surface area contributed by atoms with Gasteiger partial charge in [-0.2, -0.15) is 4.31 Å². The zero-order valence-corrected chi connectivity index (χ0v) is 17.3. The number of likely N-dealkylation sites (tertiary alicyclic amines) is 1. The van der Waals surface area contributed by atoms with Crippen LogP contribution in [0.5, 0.6) is 0 Å². The van der Waals surface area contributed by atoms with E-state index in [0.29, 0.717) is 6.42 Å². The lowest BCUT2D eigenvalue weighted by Crippen LogP contribution is -2.63. The second kappa shape index (κ2) is 8.91. The van der Waals surface area contributed by atoms with E-state index in [1.807, 2.05) is 0 Å². The maximum Gasteiger partial charge on any atom is 0.407 e. The molecule has 0 aliphatic carbocycles. The smallest absolute Gasteiger partial charge is 0.407 e. The van der Waals surface area contributed by atoms with Crippen LogP contribution in [0.2, 0.25) is 0 Å². The number of hydrogen-bond donors (Lipinski definition) is 2. The molecule has 7 nitrogen and oxygen atoms in total. The minimum Gasteiger partial charge on any atom is -0.465 e. The van der Waals surface area contributed by atoms with Crippen molar-refractivity contribution < 1.29 is 41.0 Å². The fraction of sp³-hybridized carbons (Fsp3) is 0.632. The largest absolute Gasteiger partial charge is 0.465 e. The summed E-state index contributed by atoms with van der Waals surface area (Å²) in [6.07, 6.45) is -6.84. The molecule has 2 fully saturated rings. The standard InChI is InChI=1S/C19H24F4N2O5S/c20-12-2-4-13(5-3-12)31(29,30)25-9-1-6-19(7-10-24(11-8-19)18(27)28)15(25)14(16(21)22)17(23)26/h2-5,14-17,26H,1,6-11H2,(H,27,28). The number of aliphatic hydroxyl groups excluding tert-OH is 1. The van der Waals surface area contributed by atoms with Gasteiger partial charge in [-0.05, 0) is 55.4 Å². The average Bonchev–Trinajstić information content (AvgIpc) is 2.69. The van der Waals surface area contributed by atoms with Gasteiger partial charge in [0.2, 0.25) is 22.8 Å². The quantitative estimate of drug-likeness (QED) is 0.648. The summed E-state index contributed by atoms with van der Waals surface area (Å²) in [5.74, 6) is -3.00. The highest BCUT2D eigenvalue weighted by Gasteiger charge is 2.56. The maximum atomic E-state index is 14.1. The summed E-state index contributed by atoms with van der Waals surface area (Å²) >= 11 is 0. The van der Waals surface area contributed by atoms with Crippen LogP contribution >= 0.6 is 0 Å². The molecule has 0 saturated carbocycles. The molecule has 2 saturated heterocycles. The lowest BCUT2D eigenvalue weighted by Gasteiger charge is -2.54. The molecule has 1 aromatic rings. The van der Waals surface area contributed by atoms with Crippen LogP contribution in [0.15, 0.2) is 29.2 Å². The minimum atomic E-state index is -4.42. The van der Waals surface area contributed by atoms with Gasteiger partial charge < -0.3 is 15.1 Å². The van der Waals surface area contributed by atoms with Gasteiger partial charge in [0.05, 0.1) is 10.8 Å². The van der Waals surface area contributed by atoms with Gasteiger partial charge in [-0.1, -0.05) is 0 Å². The van der Waals surface area contributed by atoms with Crippen molar-refractivity contribution in [1.82, 2.24) is 9.21 Å². The Bertz CT molecular complexity index is 881. The first-order valence-corrected chi connectivity index (χ1v) is 11.3. The number of sulfonamides is 1. The van der Waals surface area contributed by atoms with E-state index >= 15 is 0 Å². The number of alkyl halides is 3. The number of carboxylic acid groups (broad SMARTS) is 1. The van der Waals surface area contributed by atoms with E-state index in [9.17, 15) is 41.0 Å². The van der Waals surface area contributed by atoms with Crippen LogP contribution in [-0.4, -0.2) is 72.4 Å². The molecule has 12 heteroatoms. The van der Waals surface area contributed by atoms with Crippen molar-refractivity contribution in [3.05, 3.63) is 30.1 Å². The monoisotopic (exact) mass is 468 g/mol. The van der Waals surface area contributed by atoms with Gasteiger partial charge in [0.25, 0.3) is 0 Å². The van der Waals surface area contributed by atoms with Crippen LogP contribution in [-0.2, 0) is 10.0 Å². The summed E-state index contributed by atoms with van der Waals surface area (Å²) in [5.41, 5.74) is -1.13. The van der Waals surface area contributed by atoms with Gasteiger partial charge in [0, 0.05) is 25.7 Å². The summed E-state index contributed by atoms with van der Waals surface area (Å²) in [7, 11) is -4.42. The summed E-state index contributed by atoms with van der Waals surface area (Å²) in [4.78, 5) is 12.0. The molecule has 2 heterocycles. The van der Waals surface area contributed by atoms with E-state index in [4.69, 9.17) is 0 Å². The number of benzene rings is 1. The summed E-state index contributed by atoms with van der Waals surface area (Å²) in [5, 5.41) is 18.8. The highest BCUT2D eigenvalue weighted by atomic mass is 32.2. The molecule has 2 aliphatic heterocycles. The molecule has 3 atom stereocenters. The number of carbonyl (C=O) groups is 1. The van der Waals surface area contributed by atoms with E-state index in [0.717, 1.165) is 33.5 Å². The second-order valence-electron chi connectivity index (χ2n) is 8.03. The normalized spacial score (nSPS) is 24.3. The lowest BCUT2D eigenvalue weighted by atomic mass is 9.64. The van der Waals surface area contributed by atoms with Crippen molar-refractivity contribution in [3.8, 4) is 0 Å². The van der Waals surface area contributed by atoms with Crippen molar-refractivity contribution in [3.63, 3.8) is 0 Å². The van der Waals surface area contributed by atoms with Gasteiger partial charge in [0.15, 0.2) is 0 Å². The third-order valence-corrected chi connectivity index (χ3v) is 8.31. The number of aliphatic hydroxyl groups is 1. The highest BCUT2D eigenvalue weighted by Crippen LogP contribution is 2.50. The SMILES string of the molecule is O=C(O)N1CCC2(CCCN(S(=O)(=O)c3ccc(F)cc3)C2C(C(O)F)C(F)F)CC1. The number of piperidine rings is 2. The van der Waals surface area contributed by atoms with Crippen LogP contribution in [0.3, 0.4) is 0 Å². The Balaban J connectivity index is 2.07. The van der Waals surface area contributed by atoms with Crippen LogP contribution < -0.4 is 0 Å². The molecule has 31 heavy (non-hydrogen) atoms. The van der Waals surface area contributed by atoms with E-state index < -0.39 is 52.1 Å². The average molecular weight is 468 g/mol. The Morgan fingerprint density at radius 2 is 1.65 bits per heavy atom. The van der Waals surface area contributed by atoms with E-state index in [2.05, 4.69) is 0 Å². The number of halogens is 4. The molecular formula is C19H24F4N2O5S. The fourth-order valence-electron chi connectivity index (χ4n) is 4.89. The molecule has 1 aromatic carbocycles. The molecule has 0 bridgehead atoms. The molecule has 1 amide bonds. The van der Waals surface area contributed by atoms with Crippen molar-refractivity contribution in [2.75, 3.05) is 19.6 Å². The molecular weight excluding hydrogens is 444 g/mol. The molecule has 174 valence electrons. The van der Waals surface area contributed by atoms with Crippen molar-refractivity contribution >= 4 is 16.1 Å². The lowest BCUT2D eigenvalue weighted by molar-refractivity contribution is -0.141. The first-order valence-electron chi connectivity index (χ1n) is 9.85. The second-order valence-corrected chi connectivity index (χ2v) is 9.93. The number of hydrogen-bond acceptors (Lipinski definition) is 4. The van der Waals surface area contributed by atoms with Gasteiger partial charge in [-0.3, -0.25) is 0 Å². The van der Waals surface area contributed by atoms with Crippen LogP contribution in [0.4, 0.5) is 22.4 Å². The molecule has 2 N–H and O–H groups in total. The summed E-state index contributed by atoms with van der Waals surface area (Å²) < 4.78 is 82.6. The summed E-state index contributed by atoms with van der Waals surface area (Å²) in [6.45, 7) is -0.214. The van der Waals surface area contributed by atoms with Crippen LogP contribution in [0, 0.1) is 17.2 Å². The van der Waals surface area contributed by atoms with Gasteiger partial charge in [-0.15, -0.1) is 0 Å². The molecule has 1 spiro atoms. The third kappa shape index (κ3) is 4.51. The summed E-state index contributed by atoms with van der Waals surface area (Å²) in [6, 6.07) is 2.24. The Labute approximate surface area is 177 Å². The first-order chi connectivity index (χ1) is 14.5. The zero-order chi connectivity index (χ0) is 23.0. The molecule has 0 aromatic heterocycles. The minimum absolute atomic E-state index is 0.0192. The first kappa shape index (κ1) is 23.7. The molecule has 2 aliphatic rings. The Hall–Kier alpha value is -1.92. The van der Waals surface area contributed by atoms with E-state index in [1.54, 1.807) is 0 Å². The highest BCUT2D eigenvalue weighted by molar-refractivity contribution is 7.89. The van der Waals surface area contributed by atoms with Crippen molar-refractivity contribution in [1.29, 1.82) is 0 Å². The Morgan fingerprint density at radius 3 is 2.13 bits per heavy atom. The number of nitrogens with zero attached hydrogens (tertiary/aromatic N) is 2. The van der Waals surface area contributed by atoms with Gasteiger partial charge >= 0.3 is 6.09 Å². The number of rotatable bonds is 5. The Morgan fingerprint density at radius 1 is 1.06 bits per heavy atom. The maximum absolute atomic E-state index is 14.1. The Kier molecular flexibility index (Phi) is 6.82.